The summed E-state index contributed by atoms with van der Waals surface area (Å²) in [5, 5.41) is 0. The van der Waals surface area contributed by atoms with E-state index in [9.17, 15) is 4.79 Å². The van der Waals surface area contributed by atoms with Crippen molar-refractivity contribution in [1.29, 1.82) is 0 Å². The molecule has 15 heavy (non-hydrogen) atoms. The number of likely N-dealkylation sites (N-methyl/N-ethyl adjacent to an activating group) is 1. The molecule has 0 aliphatic rings. The first-order chi connectivity index (χ1) is 7.06. The average molecular weight is 212 g/mol. The van der Waals surface area contributed by atoms with Crippen LogP contribution < -0.4 is 5.73 Å². The topological polar surface area (TPSA) is 46.3 Å². The second kappa shape index (κ2) is 7.46. The molecule has 1 amide bonds. The third-order valence-corrected chi connectivity index (χ3v) is 2.43. The standard InChI is InChI=1S/C12H24N2O/c1-5-7-11(8-13)12(15)14(6-2)9-10(3)4/h11H,3,5-9,13H2,1-2,4H3. The predicted octanol–water partition coefficient (Wildman–Crippen LogP) is 1.79. The highest BCUT2D eigenvalue weighted by Gasteiger charge is 2.20. The van der Waals surface area contributed by atoms with Gasteiger partial charge in [0.25, 0.3) is 0 Å². The first-order valence-corrected chi connectivity index (χ1v) is 5.69. The summed E-state index contributed by atoms with van der Waals surface area (Å²) in [7, 11) is 0. The van der Waals surface area contributed by atoms with Crippen LogP contribution in [-0.2, 0) is 4.79 Å². The van der Waals surface area contributed by atoms with Crippen molar-refractivity contribution in [2.45, 2.75) is 33.6 Å². The summed E-state index contributed by atoms with van der Waals surface area (Å²) in [5.74, 6) is 0.152. The Bertz CT molecular complexity index is 214. The average Bonchev–Trinajstić information content (AvgIpc) is 2.21. The van der Waals surface area contributed by atoms with Crippen LogP contribution in [0.15, 0.2) is 12.2 Å². The van der Waals surface area contributed by atoms with Crippen LogP contribution in [0.4, 0.5) is 0 Å². The van der Waals surface area contributed by atoms with Crippen LogP contribution in [0.1, 0.15) is 33.6 Å². The minimum atomic E-state index is -0.0192. The fourth-order valence-electron chi connectivity index (χ4n) is 1.62. The van der Waals surface area contributed by atoms with E-state index >= 15 is 0 Å². The molecule has 88 valence electrons. The van der Waals surface area contributed by atoms with Crippen molar-refractivity contribution in [1.82, 2.24) is 4.90 Å². The van der Waals surface area contributed by atoms with Crippen LogP contribution in [0.5, 0.6) is 0 Å². The maximum Gasteiger partial charge on any atom is 0.227 e. The van der Waals surface area contributed by atoms with Crippen molar-refractivity contribution in [2.75, 3.05) is 19.6 Å². The highest BCUT2D eigenvalue weighted by molar-refractivity contribution is 5.79. The van der Waals surface area contributed by atoms with Gasteiger partial charge in [0.15, 0.2) is 0 Å². The Morgan fingerprint density at radius 1 is 1.47 bits per heavy atom. The van der Waals surface area contributed by atoms with Crippen LogP contribution in [0, 0.1) is 5.92 Å². The Hall–Kier alpha value is -0.830. The summed E-state index contributed by atoms with van der Waals surface area (Å²) >= 11 is 0. The van der Waals surface area contributed by atoms with Crippen LogP contribution >= 0.6 is 0 Å². The minimum Gasteiger partial charge on any atom is -0.339 e. The lowest BCUT2D eigenvalue weighted by atomic mass is 10.0. The number of hydrogen-bond donors (Lipinski definition) is 1. The van der Waals surface area contributed by atoms with E-state index < -0.39 is 0 Å². The van der Waals surface area contributed by atoms with Gasteiger partial charge in [-0.15, -0.1) is 0 Å². The zero-order valence-electron chi connectivity index (χ0n) is 10.3. The normalized spacial score (nSPS) is 12.3. The maximum absolute atomic E-state index is 12.0. The molecule has 1 atom stereocenters. The van der Waals surface area contributed by atoms with Crippen molar-refractivity contribution >= 4 is 5.91 Å². The number of rotatable bonds is 7. The Morgan fingerprint density at radius 3 is 2.40 bits per heavy atom. The van der Waals surface area contributed by atoms with Gasteiger partial charge in [0, 0.05) is 19.6 Å². The number of nitrogens with two attached hydrogens (primary N) is 1. The highest BCUT2D eigenvalue weighted by atomic mass is 16.2. The van der Waals surface area contributed by atoms with E-state index in [0.29, 0.717) is 13.1 Å². The second-order valence-electron chi connectivity index (χ2n) is 4.03. The summed E-state index contributed by atoms with van der Waals surface area (Å²) in [4.78, 5) is 13.9. The largest absolute Gasteiger partial charge is 0.339 e. The summed E-state index contributed by atoms with van der Waals surface area (Å²) < 4.78 is 0. The van der Waals surface area contributed by atoms with Gasteiger partial charge in [0.1, 0.15) is 0 Å². The molecule has 1 unspecified atom stereocenters. The number of carbonyl (C=O) groups excluding carboxylic acids is 1. The molecule has 0 saturated heterocycles. The van der Waals surface area contributed by atoms with Crippen molar-refractivity contribution < 1.29 is 4.79 Å². The molecule has 0 aliphatic heterocycles. The third-order valence-electron chi connectivity index (χ3n) is 2.43. The highest BCUT2D eigenvalue weighted by Crippen LogP contribution is 2.10. The van der Waals surface area contributed by atoms with Crippen molar-refractivity contribution in [3.63, 3.8) is 0 Å². The first-order valence-electron chi connectivity index (χ1n) is 5.69. The lowest BCUT2D eigenvalue weighted by Gasteiger charge is -2.25. The van der Waals surface area contributed by atoms with Crippen LogP contribution in [0.2, 0.25) is 0 Å². The van der Waals surface area contributed by atoms with E-state index in [1.165, 1.54) is 0 Å². The molecule has 0 heterocycles. The summed E-state index contributed by atoms with van der Waals surface area (Å²) in [6.07, 6.45) is 1.88. The van der Waals surface area contributed by atoms with Crippen LogP contribution in [0.25, 0.3) is 0 Å². The number of hydrogen-bond acceptors (Lipinski definition) is 2. The van der Waals surface area contributed by atoms with Gasteiger partial charge in [-0.1, -0.05) is 25.5 Å². The molecule has 0 aromatic rings. The minimum absolute atomic E-state index is 0.0192. The van der Waals surface area contributed by atoms with Crippen molar-refractivity contribution in [2.24, 2.45) is 11.7 Å². The second-order valence-corrected chi connectivity index (χ2v) is 4.03. The Kier molecular flexibility index (Phi) is 7.05. The molecule has 0 aliphatic carbocycles. The third kappa shape index (κ3) is 4.98. The number of nitrogens with zero attached hydrogens (tertiary/aromatic N) is 1. The van der Waals surface area contributed by atoms with E-state index in [1.807, 2.05) is 18.7 Å². The summed E-state index contributed by atoms with van der Waals surface area (Å²) in [6.45, 7) is 11.7. The van der Waals surface area contributed by atoms with Gasteiger partial charge in [-0.3, -0.25) is 4.79 Å². The molecular formula is C12H24N2O. The first kappa shape index (κ1) is 14.2. The van der Waals surface area contributed by atoms with Gasteiger partial charge in [0.05, 0.1) is 5.92 Å². The lowest BCUT2D eigenvalue weighted by Crippen LogP contribution is -2.39. The van der Waals surface area contributed by atoms with E-state index in [1.54, 1.807) is 0 Å². The molecule has 0 saturated carbocycles. The van der Waals surface area contributed by atoms with E-state index in [4.69, 9.17) is 5.73 Å². The Labute approximate surface area is 93.3 Å². The molecule has 0 rings (SSSR count). The van der Waals surface area contributed by atoms with Gasteiger partial charge < -0.3 is 10.6 Å². The van der Waals surface area contributed by atoms with Crippen molar-refractivity contribution in [3.8, 4) is 0 Å². The molecule has 3 nitrogen and oxygen atoms in total. The predicted molar refractivity (Wildman–Crippen MR) is 64.5 cm³/mol. The van der Waals surface area contributed by atoms with Gasteiger partial charge in [-0.2, -0.15) is 0 Å². The molecule has 2 N–H and O–H groups in total. The number of carbonyl (C=O) groups is 1. The van der Waals surface area contributed by atoms with Crippen LogP contribution in [-0.4, -0.2) is 30.4 Å². The van der Waals surface area contributed by atoms with E-state index in [-0.39, 0.29) is 11.8 Å². The molecule has 0 fully saturated rings. The molecule has 0 spiro atoms. The summed E-state index contributed by atoms with van der Waals surface area (Å²) in [6, 6.07) is 0. The maximum atomic E-state index is 12.0. The lowest BCUT2D eigenvalue weighted by molar-refractivity contribution is -0.134. The quantitative estimate of drug-likeness (QED) is 0.654. The zero-order chi connectivity index (χ0) is 11.8. The fourth-order valence-corrected chi connectivity index (χ4v) is 1.62. The Balaban J connectivity index is 4.39. The van der Waals surface area contributed by atoms with Gasteiger partial charge >= 0.3 is 0 Å². The fraction of sp³-hybridized carbons (Fsp3) is 0.750. The van der Waals surface area contributed by atoms with Crippen molar-refractivity contribution in [3.05, 3.63) is 12.2 Å². The Morgan fingerprint density at radius 2 is 2.07 bits per heavy atom. The summed E-state index contributed by atoms with van der Waals surface area (Å²) in [5.41, 5.74) is 6.62. The van der Waals surface area contributed by atoms with Gasteiger partial charge in [-0.05, 0) is 20.3 Å². The molecular weight excluding hydrogens is 188 g/mol. The van der Waals surface area contributed by atoms with Crippen LogP contribution in [0.3, 0.4) is 0 Å². The SMILES string of the molecule is C=C(C)CN(CC)C(=O)C(CN)CCC. The molecule has 0 radical (unpaired) electrons. The molecule has 0 bridgehead atoms. The van der Waals surface area contributed by atoms with E-state index in [2.05, 4.69) is 13.5 Å². The number of amides is 1. The van der Waals surface area contributed by atoms with Gasteiger partial charge in [-0.25, -0.2) is 0 Å². The zero-order valence-corrected chi connectivity index (χ0v) is 10.3. The molecule has 0 aromatic heterocycles. The molecule has 3 heteroatoms. The monoisotopic (exact) mass is 212 g/mol. The van der Waals surface area contributed by atoms with Gasteiger partial charge in [0.2, 0.25) is 5.91 Å². The van der Waals surface area contributed by atoms with E-state index in [0.717, 1.165) is 25.0 Å². The molecule has 0 aromatic carbocycles. The smallest absolute Gasteiger partial charge is 0.227 e.